The van der Waals surface area contributed by atoms with Crippen molar-refractivity contribution in [3.8, 4) is 0 Å². The summed E-state index contributed by atoms with van der Waals surface area (Å²) in [7, 11) is 1.81. The van der Waals surface area contributed by atoms with E-state index < -0.39 is 0 Å². The standard InChI is InChI=1S/C24H21ClN4O2S/c1-29(14-22-26-19-7-3-2-6-18(19)24(31)28-22)15-23(30)27-20-8-4-5-9-21(20)32-17-12-10-16(25)11-13-17/h2-13H,14-15H2,1H3,(H,27,30)(H,26,28,31). The molecule has 32 heavy (non-hydrogen) atoms. The van der Waals surface area contributed by atoms with Gasteiger partial charge >= 0.3 is 0 Å². The van der Waals surface area contributed by atoms with Gasteiger partial charge in [0.2, 0.25) is 5.91 Å². The highest BCUT2D eigenvalue weighted by Crippen LogP contribution is 2.33. The molecule has 0 fully saturated rings. The lowest BCUT2D eigenvalue weighted by atomic mass is 10.2. The first kappa shape index (κ1) is 22.1. The number of likely N-dealkylation sites (N-methyl/N-ethyl adjacent to an activating group) is 1. The van der Waals surface area contributed by atoms with Crippen LogP contribution >= 0.6 is 23.4 Å². The van der Waals surface area contributed by atoms with Crippen molar-refractivity contribution in [3.05, 3.63) is 94.0 Å². The summed E-state index contributed by atoms with van der Waals surface area (Å²) in [5.74, 6) is 0.363. The van der Waals surface area contributed by atoms with Crippen LogP contribution in [-0.4, -0.2) is 34.4 Å². The molecule has 1 heterocycles. The molecule has 0 bridgehead atoms. The number of H-pyrrole nitrogens is 1. The minimum absolute atomic E-state index is 0.149. The molecule has 1 aromatic heterocycles. The molecule has 0 saturated carbocycles. The third kappa shape index (κ3) is 5.56. The minimum Gasteiger partial charge on any atom is -0.324 e. The highest BCUT2D eigenvalue weighted by molar-refractivity contribution is 7.99. The molecule has 4 aromatic rings. The minimum atomic E-state index is -0.184. The molecule has 0 atom stereocenters. The number of rotatable bonds is 7. The molecular weight excluding hydrogens is 444 g/mol. The van der Waals surface area contributed by atoms with Crippen molar-refractivity contribution in [1.29, 1.82) is 0 Å². The van der Waals surface area contributed by atoms with Crippen LogP contribution in [0.4, 0.5) is 5.69 Å². The number of hydrogen-bond donors (Lipinski definition) is 2. The van der Waals surface area contributed by atoms with Gasteiger partial charge in [0, 0.05) is 14.8 Å². The van der Waals surface area contributed by atoms with Gasteiger partial charge in [-0.15, -0.1) is 0 Å². The number of fused-ring (bicyclic) bond motifs is 1. The summed E-state index contributed by atoms with van der Waals surface area (Å²) in [6.07, 6.45) is 0. The fraction of sp³-hybridized carbons (Fsp3) is 0.125. The van der Waals surface area contributed by atoms with Gasteiger partial charge < -0.3 is 10.3 Å². The number of benzene rings is 3. The number of amides is 1. The first-order valence-corrected chi connectivity index (χ1v) is 11.2. The van der Waals surface area contributed by atoms with E-state index in [0.717, 1.165) is 15.5 Å². The molecule has 8 heteroatoms. The molecule has 1 amide bonds. The van der Waals surface area contributed by atoms with E-state index in [0.29, 0.717) is 28.3 Å². The molecule has 0 aliphatic rings. The monoisotopic (exact) mass is 464 g/mol. The second-order valence-corrected chi connectivity index (χ2v) is 8.85. The van der Waals surface area contributed by atoms with Crippen molar-refractivity contribution in [2.45, 2.75) is 16.3 Å². The largest absolute Gasteiger partial charge is 0.324 e. The Balaban J connectivity index is 1.40. The Morgan fingerprint density at radius 3 is 2.59 bits per heavy atom. The smallest absolute Gasteiger partial charge is 0.258 e. The van der Waals surface area contributed by atoms with Crippen LogP contribution in [0.2, 0.25) is 5.02 Å². The predicted octanol–water partition coefficient (Wildman–Crippen LogP) is 4.80. The summed E-state index contributed by atoms with van der Waals surface area (Å²) in [4.78, 5) is 36.0. The molecule has 3 aromatic carbocycles. The molecule has 0 spiro atoms. The molecule has 6 nitrogen and oxygen atoms in total. The highest BCUT2D eigenvalue weighted by atomic mass is 35.5. The van der Waals surface area contributed by atoms with E-state index in [9.17, 15) is 9.59 Å². The van der Waals surface area contributed by atoms with Crippen LogP contribution in [-0.2, 0) is 11.3 Å². The zero-order chi connectivity index (χ0) is 22.5. The number of nitrogens with one attached hydrogen (secondary N) is 2. The van der Waals surface area contributed by atoms with Gasteiger partial charge in [-0.2, -0.15) is 0 Å². The Morgan fingerprint density at radius 2 is 1.78 bits per heavy atom. The number of aromatic amines is 1. The Morgan fingerprint density at radius 1 is 1.06 bits per heavy atom. The van der Waals surface area contributed by atoms with Gasteiger partial charge in [-0.05, 0) is 55.6 Å². The van der Waals surface area contributed by atoms with Crippen LogP contribution in [0.1, 0.15) is 5.82 Å². The Kier molecular flexibility index (Phi) is 6.90. The van der Waals surface area contributed by atoms with Crippen LogP contribution in [0.15, 0.2) is 87.4 Å². The second kappa shape index (κ2) is 9.99. The number of anilines is 1. The van der Waals surface area contributed by atoms with E-state index in [2.05, 4.69) is 15.3 Å². The van der Waals surface area contributed by atoms with Crippen LogP contribution in [0, 0.1) is 0 Å². The highest BCUT2D eigenvalue weighted by Gasteiger charge is 2.12. The van der Waals surface area contributed by atoms with Gasteiger partial charge in [-0.1, -0.05) is 47.6 Å². The van der Waals surface area contributed by atoms with Gasteiger partial charge in [0.25, 0.3) is 5.56 Å². The molecule has 2 N–H and O–H groups in total. The Bertz CT molecular complexity index is 1310. The molecule has 0 aliphatic carbocycles. The topological polar surface area (TPSA) is 78.1 Å². The first-order chi connectivity index (χ1) is 15.5. The van der Waals surface area contributed by atoms with Crippen molar-refractivity contribution >= 4 is 45.9 Å². The molecule has 0 radical (unpaired) electrons. The summed E-state index contributed by atoms with van der Waals surface area (Å²) < 4.78 is 0. The van der Waals surface area contributed by atoms with E-state index in [1.165, 1.54) is 0 Å². The van der Waals surface area contributed by atoms with E-state index in [-0.39, 0.29) is 18.0 Å². The van der Waals surface area contributed by atoms with Gasteiger partial charge in [-0.3, -0.25) is 14.5 Å². The fourth-order valence-electron chi connectivity index (χ4n) is 3.24. The van der Waals surface area contributed by atoms with Crippen molar-refractivity contribution in [2.24, 2.45) is 0 Å². The van der Waals surface area contributed by atoms with Gasteiger partial charge in [-0.25, -0.2) is 4.98 Å². The average Bonchev–Trinajstić information content (AvgIpc) is 2.76. The number of halogens is 1. The summed E-state index contributed by atoms with van der Waals surface area (Å²) >= 11 is 7.52. The fourth-order valence-corrected chi connectivity index (χ4v) is 4.27. The van der Waals surface area contributed by atoms with Crippen molar-refractivity contribution < 1.29 is 4.79 Å². The third-order valence-electron chi connectivity index (χ3n) is 4.70. The number of carbonyl (C=O) groups excluding carboxylic acids is 1. The predicted molar refractivity (Wildman–Crippen MR) is 129 cm³/mol. The first-order valence-electron chi connectivity index (χ1n) is 9.97. The third-order valence-corrected chi connectivity index (χ3v) is 6.03. The number of carbonyl (C=O) groups is 1. The molecular formula is C24H21ClN4O2S. The maximum Gasteiger partial charge on any atom is 0.258 e. The van der Waals surface area contributed by atoms with E-state index in [1.807, 2.05) is 61.6 Å². The van der Waals surface area contributed by atoms with Crippen molar-refractivity contribution in [1.82, 2.24) is 14.9 Å². The molecule has 0 aliphatic heterocycles. The normalized spacial score (nSPS) is 11.1. The van der Waals surface area contributed by atoms with E-state index in [4.69, 9.17) is 11.6 Å². The van der Waals surface area contributed by atoms with Gasteiger partial charge in [0.15, 0.2) is 0 Å². The maximum absolute atomic E-state index is 12.7. The summed E-state index contributed by atoms with van der Waals surface area (Å²) in [5.41, 5.74) is 1.19. The summed E-state index contributed by atoms with van der Waals surface area (Å²) in [6, 6.07) is 22.4. The van der Waals surface area contributed by atoms with Crippen molar-refractivity contribution in [2.75, 3.05) is 18.9 Å². The lowest BCUT2D eigenvalue weighted by molar-refractivity contribution is -0.117. The lowest BCUT2D eigenvalue weighted by Crippen LogP contribution is -2.31. The SMILES string of the molecule is CN(CC(=O)Nc1ccccc1Sc1ccc(Cl)cc1)Cc1nc2ccccc2c(=O)[nH]1. The van der Waals surface area contributed by atoms with Gasteiger partial charge in [0.1, 0.15) is 5.82 Å². The van der Waals surface area contributed by atoms with Crippen LogP contribution < -0.4 is 10.9 Å². The van der Waals surface area contributed by atoms with Crippen molar-refractivity contribution in [3.63, 3.8) is 0 Å². The average molecular weight is 465 g/mol. The molecule has 0 unspecified atom stereocenters. The maximum atomic E-state index is 12.7. The Labute approximate surface area is 194 Å². The van der Waals surface area contributed by atoms with E-state index >= 15 is 0 Å². The van der Waals surface area contributed by atoms with Crippen LogP contribution in [0.5, 0.6) is 0 Å². The van der Waals surface area contributed by atoms with Crippen LogP contribution in [0.3, 0.4) is 0 Å². The molecule has 0 saturated heterocycles. The number of hydrogen-bond acceptors (Lipinski definition) is 5. The second-order valence-electron chi connectivity index (χ2n) is 7.30. The van der Waals surface area contributed by atoms with Crippen LogP contribution in [0.25, 0.3) is 10.9 Å². The number of nitrogens with zero attached hydrogens (tertiary/aromatic N) is 2. The zero-order valence-electron chi connectivity index (χ0n) is 17.3. The number of aromatic nitrogens is 2. The number of para-hydroxylation sites is 2. The van der Waals surface area contributed by atoms with E-state index in [1.54, 1.807) is 34.9 Å². The zero-order valence-corrected chi connectivity index (χ0v) is 18.9. The Hall–Kier alpha value is -3.13. The summed E-state index contributed by atoms with van der Waals surface area (Å²) in [5, 5.41) is 4.21. The van der Waals surface area contributed by atoms with Gasteiger partial charge in [0.05, 0.1) is 29.7 Å². The summed E-state index contributed by atoms with van der Waals surface area (Å²) in [6.45, 7) is 0.491. The molecule has 4 rings (SSSR count). The lowest BCUT2D eigenvalue weighted by Gasteiger charge is -2.17. The quantitative estimate of drug-likeness (QED) is 0.411. The molecule has 162 valence electrons.